The van der Waals surface area contributed by atoms with Crippen molar-refractivity contribution in [3.05, 3.63) is 0 Å². The maximum atomic E-state index is 11.4. The SMILES string of the molecule is CCCCS(=O)CCC(C)(C)CN. The van der Waals surface area contributed by atoms with E-state index in [-0.39, 0.29) is 5.41 Å². The average Bonchev–Trinajstić information content (AvgIpc) is 2.11. The normalized spacial score (nSPS) is 14.5. The van der Waals surface area contributed by atoms with E-state index in [1.54, 1.807) is 0 Å². The van der Waals surface area contributed by atoms with E-state index >= 15 is 0 Å². The Labute approximate surface area is 84.7 Å². The molecular weight excluding hydrogens is 182 g/mol. The van der Waals surface area contributed by atoms with Crippen molar-refractivity contribution in [1.82, 2.24) is 0 Å². The van der Waals surface area contributed by atoms with Gasteiger partial charge in [0.05, 0.1) is 0 Å². The van der Waals surface area contributed by atoms with Gasteiger partial charge in [-0.1, -0.05) is 27.2 Å². The van der Waals surface area contributed by atoms with E-state index in [1.807, 2.05) is 0 Å². The monoisotopic (exact) mass is 205 g/mol. The summed E-state index contributed by atoms with van der Waals surface area (Å²) in [4.78, 5) is 0. The Hall–Kier alpha value is 0.110. The zero-order valence-corrected chi connectivity index (χ0v) is 9.95. The minimum Gasteiger partial charge on any atom is -0.330 e. The van der Waals surface area contributed by atoms with E-state index in [0.717, 1.165) is 30.8 Å². The maximum Gasteiger partial charge on any atom is 0.0240 e. The lowest BCUT2D eigenvalue weighted by Crippen LogP contribution is -2.25. The third kappa shape index (κ3) is 7.20. The van der Waals surface area contributed by atoms with Gasteiger partial charge in [-0.15, -0.1) is 0 Å². The van der Waals surface area contributed by atoms with Gasteiger partial charge in [-0.25, -0.2) is 0 Å². The van der Waals surface area contributed by atoms with Crippen molar-refractivity contribution in [3.8, 4) is 0 Å². The van der Waals surface area contributed by atoms with Gasteiger partial charge in [-0.3, -0.25) is 4.21 Å². The molecule has 0 aromatic rings. The third-order valence-electron chi connectivity index (χ3n) is 2.28. The Bertz CT molecular complexity index is 157. The summed E-state index contributed by atoms with van der Waals surface area (Å²) >= 11 is 0. The van der Waals surface area contributed by atoms with Gasteiger partial charge in [0, 0.05) is 22.3 Å². The molecule has 0 aliphatic carbocycles. The van der Waals surface area contributed by atoms with Gasteiger partial charge in [-0.2, -0.15) is 0 Å². The zero-order valence-electron chi connectivity index (χ0n) is 9.14. The van der Waals surface area contributed by atoms with Crippen molar-refractivity contribution in [2.45, 2.75) is 40.0 Å². The molecular formula is C10H23NOS. The fraction of sp³-hybridized carbons (Fsp3) is 1.00. The van der Waals surface area contributed by atoms with Crippen molar-refractivity contribution in [1.29, 1.82) is 0 Å². The molecule has 3 heteroatoms. The molecule has 0 amide bonds. The van der Waals surface area contributed by atoms with Crippen molar-refractivity contribution < 1.29 is 4.21 Å². The summed E-state index contributed by atoms with van der Waals surface area (Å²) in [5.74, 6) is 1.67. The summed E-state index contributed by atoms with van der Waals surface area (Å²) in [6.45, 7) is 7.06. The Morgan fingerprint density at radius 3 is 2.38 bits per heavy atom. The molecule has 0 heterocycles. The predicted molar refractivity (Wildman–Crippen MR) is 60.2 cm³/mol. The first-order valence-corrected chi connectivity index (χ1v) is 6.55. The van der Waals surface area contributed by atoms with E-state index in [2.05, 4.69) is 20.8 Å². The van der Waals surface area contributed by atoms with Crippen LogP contribution >= 0.6 is 0 Å². The maximum absolute atomic E-state index is 11.4. The summed E-state index contributed by atoms with van der Waals surface area (Å²) in [6.07, 6.45) is 3.18. The number of hydrogen-bond acceptors (Lipinski definition) is 2. The highest BCUT2D eigenvalue weighted by Gasteiger charge is 2.16. The van der Waals surface area contributed by atoms with E-state index in [4.69, 9.17) is 5.73 Å². The van der Waals surface area contributed by atoms with Crippen molar-refractivity contribution >= 4 is 10.8 Å². The van der Waals surface area contributed by atoms with Gasteiger partial charge in [0.2, 0.25) is 0 Å². The van der Waals surface area contributed by atoms with Crippen molar-refractivity contribution in [3.63, 3.8) is 0 Å². The first-order valence-electron chi connectivity index (χ1n) is 5.07. The summed E-state index contributed by atoms with van der Waals surface area (Å²) in [6, 6.07) is 0. The molecule has 80 valence electrons. The van der Waals surface area contributed by atoms with Gasteiger partial charge in [0.15, 0.2) is 0 Å². The molecule has 0 saturated carbocycles. The molecule has 0 rings (SSSR count). The summed E-state index contributed by atoms with van der Waals surface area (Å²) in [5, 5.41) is 0. The van der Waals surface area contributed by atoms with Crippen molar-refractivity contribution in [2.75, 3.05) is 18.1 Å². The van der Waals surface area contributed by atoms with Crippen LogP contribution in [0.4, 0.5) is 0 Å². The van der Waals surface area contributed by atoms with Crippen molar-refractivity contribution in [2.24, 2.45) is 11.1 Å². The highest BCUT2D eigenvalue weighted by molar-refractivity contribution is 7.84. The quantitative estimate of drug-likeness (QED) is 0.690. The highest BCUT2D eigenvalue weighted by atomic mass is 32.2. The number of hydrogen-bond donors (Lipinski definition) is 1. The van der Waals surface area contributed by atoms with E-state index < -0.39 is 10.8 Å². The molecule has 1 unspecified atom stereocenters. The lowest BCUT2D eigenvalue weighted by molar-refractivity contribution is 0.367. The van der Waals surface area contributed by atoms with Crippen LogP contribution in [0.1, 0.15) is 40.0 Å². The molecule has 0 saturated heterocycles. The molecule has 0 bridgehead atoms. The minimum atomic E-state index is -0.624. The average molecular weight is 205 g/mol. The fourth-order valence-electron chi connectivity index (χ4n) is 0.900. The molecule has 13 heavy (non-hydrogen) atoms. The van der Waals surface area contributed by atoms with Crippen LogP contribution in [0.3, 0.4) is 0 Å². The molecule has 1 atom stereocenters. The largest absolute Gasteiger partial charge is 0.330 e. The summed E-state index contributed by atoms with van der Waals surface area (Å²) in [7, 11) is -0.624. The van der Waals surface area contributed by atoms with Gasteiger partial charge in [0.1, 0.15) is 0 Å². The molecule has 0 fully saturated rings. The van der Waals surface area contributed by atoms with Gasteiger partial charge < -0.3 is 5.73 Å². The fourth-order valence-corrected chi connectivity index (χ4v) is 2.49. The second kappa shape index (κ2) is 6.55. The van der Waals surface area contributed by atoms with Crippen LogP contribution in [-0.2, 0) is 10.8 Å². The Morgan fingerprint density at radius 2 is 1.92 bits per heavy atom. The number of nitrogens with two attached hydrogens (primary N) is 1. The smallest absolute Gasteiger partial charge is 0.0240 e. The summed E-state index contributed by atoms with van der Waals surface area (Å²) in [5.41, 5.74) is 5.75. The minimum absolute atomic E-state index is 0.155. The Kier molecular flexibility index (Phi) is 6.60. The molecule has 0 spiro atoms. The first kappa shape index (κ1) is 13.1. The van der Waals surface area contributed by atoms with E-state index in [1.165, 1.54) is 0 Å². The molecule has 0 aliphatic heterocycles. The predicted octanol–water partition coefficient (Wildman–Crippen LogP) is 1.91. The Morgan fingerprint density at radius 1 is 1.31 bits per heavy atom. The molecule has 0 radical (unpaired) electrons. The first-order chi connectivity index (χ1) is 6.02. The van der Waals surface area contributed by atoms with E-state index in [0.29, 0.717) is 6.54 Å². The standard InChI is InChI=1S/C10H23NOS/c1-4-5-7-13(12)8-6-10(2,3)9-11/h4-9,11H2,1-3H3. The summed E-state index contributed by atoms with van der Waals surface area (Å²) < 4.78 is 11.4. The second-order valence-electron chi connectivity index (χ2n) is 4.32. The Balaban J connectivity index is 3.57. The number of unbranched alkanes of at least 4 members (excludes halogenated alkanes) is 1. The number of rotatable bonds is 7. The topological polar surface area (TPSA) is 43.1 Å². The van der Waals surface area contributed by atoms with Crippen LogP contribution in [-0.4, -0.2) is 22.3 Å². The third-order valence-corrected chi connectivity index (χ3v) is 3.69. The molecule has 0 aromatic heterocycles. The van der Waals surface area contributed by atoms with Crippen LogP contribution in [0.15, 0.2) is 0 Å². The zero-order chi connectivity index (χ0) is 10.3. The molecule has 2 N–H and O–H groups in total. The van der Waals surface area contributed by atoms with Gasteiger partial charge >= 0.3 is 0 Å². The second-order valence-corrected chi connectivity index (χ2v) is 6.02. The van der Waals surface area contributed by atoms with Crippen LogP contribution in [0, 0.1) is 5.41 Å². The van der Waals surface area contributed by atoms with E-state index in [9.17, 15) is 4.21 Å². The molecule has 2 nitrogen and oxygen atoms in total. The van der Waals surface area contributed by atoms with Gasteiger partial charge in [-0.05, 0) is 24.8 Å². The van der Waals surface area contributed by atoms with Crippen LogP contribution < -0.4 is 5.73 Å². The molecule has 0 aromatic carbocycles. The van der Waals surface area contributed by atoms with Crippen LogP contribution in [0.5, 0.6) is 0 Å². The molecule has 0 aliphatic rings. The van der Waals surface area contributed by atoms with Crippen LogP contribution in [0.25, 0.3) is 0 Å². The highest BCUT2D eigenvalue weighted by Crippen LogP contribution is 2.18. The lowest BCUT2D eigenvalue weighted by atomic mass is 9.91. The van der Waals surface area contributed by atoms with Gasteiger partial charge in [0.25, 0.3) is 0 Å². The lowest BCUT2D eigenvalue weighted by Gasteiger charge is -2.21. The van der Waals surface area contributed by atoms with Crippen LogP contribution in [0.2, 0.25) is 0 Å².